The van der Waals surface area contributed by atoms with Gasteiger partial charge in [0.25, 0.3) is 5.91 Å². The molecule has 3 atom stereocenters. The van der Waals surface area contributed by atoms with Crippen molar-refractivity contribution in [2.75, 3.05) is 34.3 Å². The predicted octanol–water partition coefficient (Wildman–Crippen LogP) is 3.70. The van der Waals surface area contributed by atoms with Gasteiger partial charge in [-0.2, -0.15) is 0 Å². The van der Waals surface area contributed by atoms with Crippen LogP contribution in [0.4, 0.5) is 0 Å². The van der Waals surface area contributed by atoms with E-state index in [1.165, 1.54) is 0 Å². The van der Waals surface area contributed by atoms with Crippen molar-refractivity contribution in [2.45, 2.75) is 24.6 Å². The average Bonchev–Trinajstić information content (AvgIpc) is 2.74. The molecule has 1 saturated heterocycles. The first-order valence-corrected chi connectivity index (χ1v) is 10.8. The number of carbonyl (C=O) groups is 2. The molecule has 0 radical (unpaired) electrons. The summed E-state index contributed by atoms with van der Waals surface area (Å²) >= 11 is 12.1. The average molecular weight is 464 g/mol. The van der Waals surface area contributed by atoms with Gasteiger partial charge in [0.15, 0.2) is 6.10 Å². The first-order valence-electron chi connectivity index (χ1n) is 10.1. The molecule has 1 aliphatic rings. The number of likely N-dealkylation sites (N-methyl/N-ethyl adjacent to an activating group) is 1. The Kier molecular flexibility index (Phi) is 7.94. The maximum atomic E-state index is 13.4. The minimum absolute atomic E-state index is 0.137. The van der Waals surface area contributed by atoms with E-state index < -0.39 is 12.1 Å². The summed E-state index contributed by atoms with van der Waals surface area (Å²) in [6, 6.07) is 13.8. The van der Waals surface area contributed by atoms with Gasteiger partial charge in [0.05, 0.1) is 12.1 Å². The third-order valence-electron chi connectivity index (χ3n) is 5.41. The van der Waals surface area contributed by atoms with Crippen LogP contribution in [0, 0.1) is 0 Å². The highest BCUT2D eigenvalue weighted by molar-refractivity contribution is 6.30. The zero-order chi connectivity index (χ0) is 22.5. The Labute approximate surface area is 193 Å². The maximum absolute atomic E-state index is 13.4. The van der Waals surface area contributed by atoms with Crippen molar-refractivity contribution in [2.24, 2.45) is 0 Å². The quantitative estimate of drug-likeness (QED) is 0.679. The van der Waals surface area contributed by atoms with Crippen molar-refractivity contribution in [3.05, 3.63) is 69.7 Å². The van der Waals surface area contributed by atoms with Crippen LogP contribution in [-0.4, -0.2) is 62.0 Å². The van der Waals surface area contributed by atoms with Gasteiger partial charge >= 0.3 is 0 Å². The molecule has 8 heteroatoms. The zero-order valence-electron chi connectivity index (χ0n) is 17.8. The fourth-order valence-electron chi connectivity index (χ4n) is 3.65. The summed E-state index contributed by atoms with van der Waals surface area (Å²) in [5.41, 5.74) is 1.75. The second kappa shape index (κ2) is 10.5. The lowest BCUT2D eigenvalue weighted by molar-refractivity contribution is -0.162. The fourth-order valence-corrected chi connectivity index (χ4v) is 3.90. The van der Waals surface area contributed by atoms with E-state index in [2.05, 4.69) is 10.2 Å². The number of rotatable bonds is 7. The SMILES string of the molecule is CN(C)CCC(NC(=O)C1OCC(=O)N(C)C1c1ccc(Cl)cc1)c1ccc(Cl)cc1. The number of hydrogen-bond donors (Lipinski definition) is 1. The Morgan fingerprint density at radius 1 is 1.13 bits per heavy atom. The Morgan fingerprint density at radius 2 is 1.71 bits per heavy atom. The lowest BCUT2D eigenvalue weighted by atomic mass is 9.96. The van der Waals surface area contributed by atoms with Crippen molar-refractivity contribution in [3.8, 4) is 0 Å². The van der Waals surface area contributed by atoms with Crippen LogP contribution >= 0.6 is 23.2 Å². The lowest BCUT2D eigenvalue weighted by Gasteiger charge is -2.39. The van der Waals surface area contributed by atoms with Crippen LogP contribution in [0.15, 0.2) is 48.5 Å². The number of nitrogens with zero attached hydrogens (tertiary/aromatic N) is 2. The van der Waals surface area contributed by atoms with Gasteiger partial charge in [-0.15, -0.1) is 0 Å². The molecule has 3 unspecified atom stereocenters. The number of nitrogens with one attached hydrogen (secondary N) is 1. The summed E-state index contributed by atoms with van der Waals surface area (Å²) < 4.78 is 5.73. The third-order valence-corrected chi connectivity index (χ3v) is 5.91. The summed E-state index contributed by atoms with van der Waals surface area (Å²) in [6.07, 6.45) is -0.119. The van der Waals surface area contributed by atoms with E-state index in [4.69, 9.17) is 27.9 Å². The summed E-state index contributed by atoms with van der Waals surface area (Å²) in [6.45, 7) is 0.653. The van der Waals surface area contributed by atoms with Gasteiger partial charge in [-0.1, -0.05) is 47.5 Å². The van der Waals surface area contributed by atoms with Crippen LogP contribution < -0.4 is 5.32 Å². The predicted molar refractivity (Wildman–Crippen MR) is 122 cm³/mol. The number of ether oxygens (including phenoxy) is 1. The van der Waals surface area contributed by atoms with Crippen LogP contribution in [0.5, 0.6) is 0 Å². The largest absolute Gasteiger partial charge is 0.356 e. The number of morpholine rings is 1. The van der Waals surface area contributed by atoms with Crippen molar-refractivity contribution in [1.29, 1.82) is 0 Å². The van der Waals surface area contributed by atoms with Gasteiger partial charge in [0.1, 0.15) is 6.61 Å². The Morgan fingerprint density at radius 3 is 2.29 bits per heavy atom. The van der Waals surface area contributed by atoms with Gasteiger partial charge in [0.2, 0.25) is 5.91 Å². The molecule has 1 aliphatic heterocycles. The normalized spacial score (nSPS) is 20.1. The van der Waals surface area contributed by atoms with E-state index in [0.717, 1.165) is 17.7 Å². The van der Waals surface area contributed by atoms with Crippen molar-refractivity contribution in [1.82, 2.24) is 15.1 Å². The van der Waals surface area contributed by atoms with Crippen LogP contribution in [0.25, 0.3) is 0 Å². The van der Waals surface area contributed by atoms with Crippen molar-refractivity contribution in [3.63, 3.8) is 0 Å². The number of halogens is 2. The number of benzene rings is 2. The number of carbonyl (C=O) groups excluding carboxylic acids is 2. The van der Waals surface area contributed by atoms with Crippen molar-refractivity contribution < 1.29 is 14.3 Å². The molecular weight excluding hydrogens is 437 g/mol. The second-order valence-electron chi connectivity index (χ2n) is 7.94. The monoisotopic (exact) mass is 463 g/mol. The maximum Gasteiger partial charge on any atom is 0.252 e. The minimum Gasteiger partial charge on any atom is -0.356 e. The summed E-state index contributed by atoms with van der Waals surface area (Å²) in [4.78, 5) is 29.3. The number of amides is 2. The molecule has 166 valence electrons. The molecule has 6 nitrogen and oxygen atoms in total. The zero-order valence-corrected chi connectivity index (χ0v) is 19.4. The lowest BCUT2D eigenvalue weighted by Crippen LogP contribution is -2.53. The molecule has 2 aromatic carbocycles. The Bertz CT molecular complexity index is 903. The van der Waals surface area contributed by atoms with Gasteiger partial charge in [-0.25, -0.2) is 0 Å². The van der Waals surface area contributed by atoms with Crippen LogP contribution in [-0.2, 0) is 14.3 Å². The molecule has 0 aliphatic carbocycles. The van der Waals surface area contributed by atoms with E-state index >= 15 is 0 Å². The minimum atomic E-state index is -0.835. The molecule has 0 spiro atoms. The van der Waals surface area contributed by atoms with E-state index in [9.17, 15) is 9.59 Å². The summed E-state index contributed by atoms with van der Waals surface area (Å²) in [7, 11) is 5.66. The molecular formula is C23H27Cl2N3O3. The van der Waals surface area contributed by atoms with Gasteiger partial charge < -0.3 is 19.9 Å². The van der Waals surface area contributed by atoms with Gasteiger partial charge in [-0.3, -0.25) is 9.59 Å². The molecule has 2 amide bonds. The third kappa shape index (κ3) is 5.98. The van der Waals surface area contributed by atoms with Gasteiger partial charge in [0, 0.05) is 17.1 Å². The molecule has 2 aromatic rings. The molecule has 3 rings (SSSR count). The summed E-state index contributed by atoms with van der Waals surface area (Å²) in [5, 5.41) is 4.35. The van der Waals surface area contributed by atoms with E-state index in [0.29, 0.717) is 16.5 Å². The molecule has 1 fully saturated rings. The molecule has 1 N–H and O–H groups in total. The molecule has 0 bridgehead atoms. The Balaban J connectivity index is 1.84. The van der Waals surface area contributed by atoms with E-state index in [1.807, 2.05) is 50.5 Å². The van der Waals surface area contributed by atoms with Gasteiger partial charge in [-0.05, 0) is 62.5 Å². The standard InChI is InChI=1S/C23H27Cl2N3O3/c1-27(2)13-12-19(15-4-8-17(24)9-5-15)26-23(30)22-21(28(3)20(29)14-31-22)16-6-10-18(25)11-7-16/h4-11,19,21-22H,12-14H2,1-3H3,(H,26,30). The highest BCUT2D eigenvalue weighted by atomic mass is 35.5. The molecule has 0 saturated carbocycles. The Hall–Kier alpha value is -2.12. The topological polar surface area (TPSA) is 61.9 Å². The summed E-state index contributed by atoms with van der Waals surface area (Å²) in [5.74, 6) is -0.441. The van der Waals surface area contributed by atoms with Crippen LogP contribution in [0.2, 0.25) is 10.0 Å². The van der Waals surface area contributed by atoms with Crippen LogP contribution in [0.1, 0.15) is 29.6 Å². The highest BCUT2D eigenvalue weighted by Gasteiger charge is 2.40. The van der Waals surface area contributed by atoms with Crippen molar-refractivity contribution >= 4 is 35.0 Å². The highest BCUT2D eigenvalue weighted by Crippen LogP contribution is 2.31. The van der Waals surface area contributed by atoms with E-state index in [1.54, 1.807) is 24.1 Å². The first-order chi connectivity index (χ1) is 14.8. The molecule has 0 aromatic heterocycles. The first kappa shape index (κ1) is 23.5. The number of hydrogen-bond acceptors (Lipinski definition) is 4. The molecule has 31 heavy (non-hydrogen) atoms. The second-order valence-corrected chi connectivity index (χ2v) is 8.81. The van der Waals surface area contributed by atoms with E-state index in [-0.39, 0.29) is 24.5 Å². The fraction of sp³-hybridized carbons (Fsp3) is 0.391. The smallest absolute Gasteiger partial charge is 0.252 e. The molecule has 1 heterocycles. The van der Waals surface area contributed by atoms with Crippen LogP contribution in [0.3, 0.4) is 0 Å².